The standard InChI is InChI=1S/C27H36N6/c1-22-25(21-33(31-22)26-10-4-3-5-11-26)9-8-16-29-27(28-2)30-19-23-12-14-24(15-13-23)20-32-17-6-7-18-32/h3-5,10-15,21H,6-9,16-20H2,1-2H3,(H2,28,29,30). The second kappa shape index (κ2) is 11.7. The van der Waals surface area contributed by atoms with E-state index in [0.717, 1.165) is 49.8 Å². The van der Waals surface area contributed by atoms with Gasteiger partial charge >= 0.3 is 0 Å². The van der Waals surface area contributed by atoms with Crippen LogP contribution in [-0.4, -0.2) is 47.3 Å². The van der Waals surface area contributed by atoms with E-state index < -0.39 is 0 Å². The Balaban J connectivity index is 1.18. The molecule has 3 aromatic rings. The van der Waals surface area contributed by atoms with Crippen LogP contribution in [0.5, 0.6) is 0 Å². The Morgan fingerprint density at radius 1 is 0.970 bits per heavy atom. The first-order chi connectivity index (χ1) is 16.2. The molecule has 1 aromatic heterocycles. The molecule has 2 aromatic carbocycles. The molecule has 33 heavy (non-hydrogen) atoms. The van der Waals surface area contributed by atoms with Crippen LogP contribution < -0.4 is 10.6 Å². The van der Waals surface area contributed by atoms with Crippen LogP contribution in [-0.2, 0) is 19.5 Å². The number of aryl methyl sites for hydroxylation is 2. The molecule has 1 fully saturated rings. The van der Waals surface area contributed by atoms with Crippen molar-refractivity contribution in [1.82, 2.24) is 25.3 Å². The van der Waals surface area contributed by atoms with E-state index in [-0.39, 0.29) is 0 Å². The number of benzene rings is 2. The quantitative estimate of drug-likeness (QED) is 0.297. The summed E-state index contributed by atoms with van der Waals surface area (Å²) in [6, 6.07) is 19.2. The van der Waals surface area contributed by atoms with E-state index in [9.17, 15) is 0 Å². The number of guanidine groups is 1. The smallest absolute Gasteiger partial charge is 0.191 e. The molecule has 6 heteroatoms. The normalized spacial score (nSPS) is 14.5. The number of hydrogen-bond acceptors (Lipinski definition) is 3. The lowest BCUT2D eigenvalue weighted by Gasteiger charge is -2.15. The third-order valence-electron chi connectivity index (χ3n) is 6.25. The van der Waals surface area contributed by atoms with E-state index in [1.54, 1.807) is 0 Å². The molecule has 0 amide bonds. The van der Waals surface area contributed by atoms with Crippen LogP contribution >= 0.6 is 0 Å². The van der Waals surface area contributed by atoms with E-state index in [1.165, 1.54) is 42.6 Å². The predicted octanol–water partition coefficient (Wildman–Crippen LogP) is 4.07. The van der Waals surface area contributed by atoms with Gasteiger partial charge < -0.3 is 10.6 Å². The number of nitrogens with one attached hydrogen (secondary N) is 2. The summed E-state index contributed by atoms with van der Waals surface area (Å²) < 4.78 is 1.97. The van der Waals surface area contributed by atoms with Crippen LogP contribution in [0.3, 0.4) is 0 Å². The van der Waals surface area contributed by atoms with Gasteiger partial charge in [-0.15, -0.1) is 0 Å². The van der Waals surface area contributed by atoms with Crippen molar-refractivity contribution in [3.8, 4) is 5.69 Å². The summed E-state index contributed by atoms with van der Waals surface area (Å²) in [5, 5.41) is 11.5. The largest absolute Gasteiger partial charge is 0.356 e. The molecule has 2 heterocycles. The molecule has 2 N–H and O–H groups in total. The number of nitrogens with zero attached hydrogens (tertiary/aromatic N) is 4. The van der Waals surface area contributed by atoms with Crippen molar-refractivity contribution in [2.45, 2.75) is 45.7 Å². The second-order valence-corrected chi connectivity index (χ2v) is 8.78. The van der Waals surface area contributed by atoms with Gasteiger partial charge in [0, 0.05) is 32.9 Å². The Morgan fingerprint density at radius 3 is 2.42 bits per heavy atom. The highest BCUT2D eigenvalue weighted by molar-refractivity contribution is 5.79. The monoisotopic (exact) mass is 444 g/mol. The molecule has 0 radical (unpaired) electrons. The van der Waals surface area contributed by atoms with E-state index in [2.05, 4.69) is 75.1 Å². The highest BCUT2D eigenvalue weighted by Gasteiger charge is 2.11. The van der Waals surface area contributed by atoms with E-state index in [4.69, 9.17) is 0 Å². The van der Waals surface area contributed by atoms with Crippen molar-refractivity contribution >= 4 is 5.96 Å². The summed E-state index contributed by atoms with van der Waals surface area (Å²) >= 11 is 0. The summed E-state index contributed by atoms with van der Waals surface area (Å²) in [7, 11) is 1.82. The van der Waals surface area contributed by atoms with E-state index in [1.807, 2.05) is 29.9 Å². The molecule has 1 saturated heterocycles. The van der Waals surface area contributed by atoms with Crippen LogP contribution in [0.1, 0.15) is 41.6 Å². The molecule has 1 aliphatic heterocycles. The molecule has 174 valence electrons. The average Bonchev–Trinajstić information content (AvgIpc) is 3.50. The zero-order valence-electron chi connectivity index (χ0n) is 19.9. The summed E-state index contributed by atoms with van der Waals surface area (Å²) in [5.41, 5.74) is 6.15. The van der Waals surface area contributed by atoms with Crippen molar-refractivity contribution in [1.29, 1.82) is 0 Å². The van der Waals surface area contributed by atoms with Gasteiger partial charge in [-0.25, -0.2) is 4.68 Å². The first kappa shape index (κ1) is 23.1. The van der Waals surface area contributed by atoms with Crippen LogP contribution in [0, 0.1) is 6.92 Å². The van der Waals surface area contributed by atoms with Crippen molar-refractivity contribution in [3.63, 3.8) is 0 Å². The Kier molecular flexibility index (Phi) is 8.14. The zero-order valence-corrected chi connectivity index (χ0v) is 19.9. The number of rotatable bonds is 9. The molecular formula is C27H36N6. The van der Waals surface area contributed by atoms with Crippen LogP contribution in [0.25, 0.3) is 5.69 Å². The minimum absolute atomic E-state index is 0.770. The minimum atomic E-state index is 0.770. The van der Waals surface area contributed by atoms with E-state index >= 15 is 0 Å². The fourth-order valence-electron chi connectivity index (χ4n) is 4.31. The zero-order chi connectivity index (χ0) is 22.9. The van der Waals surface area contributed by atoms with Gasteiger partial charge in [0.25, 0.3) is 0 Å². The molecule has 6 nitrogen and oxygen atoms in total. The first-order valence-corrected chi connectivity index (χ1v) is 12.1. The maximum atomic E-state index is 4.67. The summed E-state index contributed by atoms with van der Waals surface area (Å²) in [5.74, 6) is 0.841. The van der Waals surface area contributed by atoms with Gasteiger partial charge in [-0.05, 0) is 74.5 Å². The highest BCUT2D eigenvalue weighted by Crippen LogP contribution is 2.14. The molecule has 0 aliphatic carbocycles. The number of likely N-dealkylation sites (tertiary alicyclic amines) is 1. The predicted molar refractivity (Wildman–Crippen MR) is 136 cm³/mol. The first-order valence-electron chi connectivity index (χ1n) is 12.1. The van der Waals surface area contributed by atoms with Crippen LogP contribution in [0.15, 0.2) is 65.8 Å². The van der Waals surface area contributed by atoms with Gasteiger partial charge in [0.15, 0.2) is 5.96 Å². The molecule has 1 aliphatic rings. The molecule has 4 rings (SSSR count). The summed E-state index contributed by atoms with van der Waals surface area (Å²) in [4.78, 5) is 6.90. The Bertz CT molecular complexity index is 1020. The fourth-order valence-corrected chi connectivity index (χ4v) is 4.31. The van der Waals surface area contributed by atoms with Gasteiger partial charge in [0.1, 0.15) is 0 Å². The number of aromatic nitrogens is 2. The van der Waals surface area contributed by atoms with Crippen LogP contribution in [0.4, 0.5) is 0 Å². The molecule has 0 spiro atoms. The lowest BCUT2D eigenvalue weighted by atomic mass is 10.1. The van der Waals surface area contributed by atoms with Gasteiger partial charge in [0.05, 0.1) is 11.4 Å². The Labute approximate surface area is 197 Å². The second-order valence-electron chi connectivity index (χ2n) is 8.78. The number of hydrogen-bond donors (Lipinski definition) is 2. The van der Waals surface area contributed by atoms with Crippen LogP contribution in [0.2, 0.25) is 0 Å². The van der Waals surface area contributed by atoms with Gasteiger partial charge in [-0.1, -0.05) is 42.5 Å². The fraction of sp³-hybridized carbons (Fsp3) is 0.407. The molecular weight excluding hydrogens is 408 g/mol. The lowest BCUT2D eigenvalue weighted by Crippen LogP contribution is -2.37. The summed E-state index contributed by atoms with van der Waals surface area (Å²) in [6.07, 6.45) is 6.83. The third kappa shape index (κ3) is 6.68. The maximum Gasteiger partial charge on any atom is 0.191 e. The third-order valence-corrected chi connectivity index (χ3v) is 6.25. The summed E-state index contributed by atoms with van der Waals surface area (Å²) in [6.45, 7) is 7.26. The number of para-hydroxylation sites is 1. The van der Waals surface area contributed by atoms with Crippen molar-refractivity contribution < 1.29 is 0 Å². The molecule has 0 atom stereocenters. The SMILES string of the molecule is CN=C(NCCCc1cn(-c2ccccc2)nc1C)NCc1ccc(CN2CCCC2)cc1. The molecule has 0 bridgehead atoms. The van der Waals surface area contributed by atoms with Crippen molar-refractivity contribution in [2.24, 2.45) is 4.99 Å². The Hall–Kier alpha value is -3.12. The van der Waals surface area contributed by atoms with Crippen molar-refractivity contribution in [3.05, 3.63) is 83.2 Å². The topological polar surface area (TPSA) is 57.5 Å². The molecule has 0 unspecified atom stereocenters. The number of aliphatic imine (C=N–C) groups is 1. The van der Waals surface area contributed by atoms with Gasteiger partial charge in [-0.2, -0.15) is 5.10 Å². The van der Waals surface area contributed by atoms with Crippen molar-refractivity contribution in [2.75, 3.05) is 26.7 Å². The average molecular weight is 445 g/mol. The molecule has 0 saturated carbocycles. The minimum Gasteiger partial charge on any atom is -0.356 e. The highest BCUT2D eigenvalue weighted by atomic mass is 15.3. The maximum absolute atomic E-state index is 4.67. The Morgan fingerprint density at radius 2 is 1.70 bits per heavy atom. The lowest BCUT2D eigenvalue weighted by molar-refractivity contribution is 0.331. The van der Waals surface area contributed by atoms with Gasteiger partial charge in [0.2, 0.25) is 0 Å². The van der Waals surface area contributed by atoms with E-state index in [0.29, 0.717) is 0 Å². The van der Waals surface area contributed by atoms with Gasteiger partial charge in [-0.3, -0.25) is 9.89 Å².